The molecule has 3 aromatic carbocycles. The van der Waals surface area contributed by atoms with Crippen LogP contribution in [0.1, 0.15) is 25.0 Å². The monoisotopic (exact) mass is 540 g/mol. The van der Waals surface area contributed by atoms with E-state index in [1.807, 2.05) is 74.5 Å². The van der Waals surface area contributed by atoms with Crippen molar-refractivity contribution in [1.29, 1.82) is 0 Å². The number of hydrogen-bond acceptors (Lipinski definition) is 6. The SMILES string of the molecule is COc1ccc(S(=O)(=O)N(CC(C)C)CC(O)C(Cc2ccccc2)NC(=O)OCc2ccccc2)cc1. The van der Waals surface area contributed by atoms with Crippen LogP contribution >= 0.6 is 0 Å². The maximum Gasteiger partial charge on any atom is 0.407 e. The molecule has 0 aliphatic rings. The van der Waals surface area contributed by atoms with E-state index in [4.69, 9.17) is 9.47 Å². The molecule has 0 radical (unpaired) electrons. The lowest BCUT2D eigenvalue weighted by atomic mass is 10.0. The summed E-state index contributed by atoms with van der Waals surface area (Å²) < 4.78 is 38.8. The number of carbonyl (C=O) groups is 1. The Labute approximate surface area is 225 Å². The van der Waals surface area contributed by atoms with Gasteiger partial charge in [-0.3, -0.25) is 0 Å². The van der Waals surface area contributed by atoms with Crippen LogP contribution in [-0.2, 0) is 27.8 Å². The summed E-state index contributed by atoms with van der Waals surface area (Å²) in [6, 6.07) is 24.0. The smallest absolute Gasteiger partial charge is 0.407 e. The van der Waals surface area contributed by atoms with Gasteiger partial charge in [-0.1, -0.05) is 74.5 Å². The minimum atomic E-state index is -3.92. The van der Waals surface area contributed by atoms with Crippen molar-refractivity contribution >= 4 is 16.1 Å². The summed E-state index contributed by atoms with van der Waals surface area (Å²) in [6.07, 6.45) is -1.60. The highest BCUT2D eigenvalue weighted by Crippen LogP contribution is 2.22. The molecule has 3 aromatic rings. The van der Waals surface area contributed by atoms with E-state index in [1.165, 1.54) is 23.5 Å². The average molecular weight is 541 g/mol. The van der Waals surface area contributed by atoms with Crippen LogP contribution in [0, 0.1) is 5.92 Å². The average Bonchev–Trinajstić information content (AvgIpc) is 2.92. The van der Waals surface area contributed by atoms with Crippen LogP contribution < -0.4 is 10.1 Å². The maximum absolute atomic E-state index is 13.5. The molecule has 0 aromatic heterocycles. The number of carbonyl (C=O) groups excluding carboxylic acids is 1. The zero-order chi connectivity index (χ0) is 27.5. The van der Waals surface area contributed by atoms with Gasteiger partial charge in [0.25, 0.3) is 0 Å². The van der Waals surface area contributed by atoms with Crippen molar-refractivity contribution in [3.05, 3.63) is 96.1 Å². The van der Waals surface area contributed by atoms with Gasteiger partial charge in [-0.15, -0.1) is 0 Å². The molecule has 0 fully saturated rings. The van der Waals surface area contributed by atoms with Gasteiger partial charge in [0.1, 0.15) is 12.4 Å². The van der Waals surface area contributed by atoms with Crippen molar-refractivity contribution < 1.29 is 27.8 Å². The first-order valence-electron chi connectivity index (χ1n) is 12.5. The van der Waals surface area contributed by atoms with E-state index in [1.54, 1.807) is 12.1 Å². The van der Waals surface area contributed by atoms with Crippen molar-refractivity contribution in [2.45, 2.75) is 43.9 Å². The number of sulfonamides is 1. The largest absolute Gasteiger partial charge is 0.497 e. The molecule has 0 saturated carbocycles. The van der Waals surface area contributed by atoms with Gasteiger partial charge < -0.3 is 19.9 Å². The van der Waals surface area contributed by atoms with E-state index < -0.39 is 28.3 Å². The molecule has 2 N–H and O–H groups in total. The summed E-state index contributed by atoms with van der Waals surface area (Å²) in [5.41, 5.74) is 1.71. The van der Waals surface area contributed by atoms with E-state index in [0.717, 1.165) is 11.1 Å². The summed E-state index contributed by atoms with van der Waals surface area (Å²) in [7, 11) is -2.41. The van der Waals surface area contributed by atoms with Crippen LogP contribution in [0.25, 0.3) is 0 Å². The summed E-state index contributed by atoms with van der Waals surface area (Å²) in [5.74, 6) is 0.548. The second kappa shape index (κ2) is 13.9. The maximum atomic E-state index is 13.5. The summed E-state index contributed by atoms with van der Waals surface area (Å²) in [6.45, 7) is 3.88. The number of hydrogen-bond donors (Lipinski definition) is 2. The number of rotatable bonds is 13. The zero-order valence-electron chi connectivity index (χ0n) is 22.0. The van der Waals surface area contributed by atoms with Crippen molar-refractivity contribution in [3.63, 3.8) is 0 Å². The number of amides is 1. The first-order chi connectivity index (χ1) is 18.2. The first-order valence-corrected chi connectivity index (χ1v) is 14.0. The van der Waals surface area contributed by atoms with Crippen LogP contribution in [0.3, 0.4) is 0 Å². The van der Waals surface area contributed by atoms with Gasteiger partial charge in [0.2, 0.25) is 10.0 Å². The Morgan fingerprint density at radius 2 is 1.47 bits per heavy atom. The van der Waals surface area contributed by atoms with Crippen molar-refractivity contribution in [3.8, 4) is 5.75 Å². The van der Waals surface area contributed by atoms with Crippen LogP contribution in [0.5, 0.6) is 5.75 Å². The minimum absolute atomic E-state index is 0.00611. The molecule has 38 heavy (non-hydrogen) atoms. The Balaban J connectivity index is 1.79. The Hall–Kier alpha value is -3.40. The minimum Gasteiger partial charge on any atom is -0.497 e. The fourth-order valence-corrected chi connectivity index (χ4v) is 5.60. The highest BCUT2D eigenvalue weighted by Gasteiger charge is 2.31. The summed E-state index contributed by atoms with van der Waals surface area (Å²) in [4.78, 5) is 12.8. The van der Waals surface area contributed by atoms with Crippen LogP contribution in [0.4, 0.5) is 4.79 Å². The quantitative estimate of drug-likeness (QED) is 0.336. The van der Waals surface area contributed by atoms with Gasteiger partial charge >= 0.3 is 6.09 Å². The number of methoxy groups -OCH3 is 1. The molecule has 1 amide bonds. The lowest BCUT2D eigenvalue weighted by Gasteiger charge is -2.30. The number of alkyl carbamates (subject to hydrolysis) is 1. The van der Waals surface area contributed by atoms with Gasteiger partial charge in [-0.2, -0.15) is 4.31 Å². The molecular formula is C29H36N2O6S. The Bertz CT molecular complexity index is 1240. The molecule has 0 saturated heterocycles. The number of nitrogens with one attached hydrogen (secondary N) is 1. The third-order valence-corrected chi connectivity index (χ3v) is 7.78. The molecule has 0 bridgehead atoms. The molecular weight excluding hydrogens is 504 g/mol. The summed E-state index contributed by atoms with van der Waals surface area (Å²) in [5, 5.41) is 14.0. The van der Waals surface area contributed by atoms with E-state index in [9.17, 15) is 18.3 Å². The zero-order valence-corrected chi connectivity index (χ0v) is 22.8. The molecule has 204 valence electrons. The van der Waals surface area contributed by atoms with Crippen molar-refractivity contribution in [2.24, 2.45) is 5.92 Å². The third-order valence-electron chi connectivity index (χ3n) is 5.94. The highest BCUT2D eigenvalue weighted by atomic mass is 32.2. The predicted molar refractivity (Wildman–Crippen MR) is 146 cm³/mol. The Morgan fingerprint density at radius 1 is 0.895 bits per heavy atom. The fourth-order valence-electron chi connectivity index (χ4n) is 3.98. The second-order valence-corrected chi connectivity index (χ2v) is 11.4. The first kappa shape index (κ1) is 29.2. The van der Waals surface area contributed by atoms with Crippen molar-refractivity contribution in [1.82, 2.24) is 9.62 Å². The van der Waals surface area contributed by atoms with E-state index in [0.29, 0.717) is 12.2 Å². The number of aliphatic hydroxyl groups excluding tert-OH is 1. The molecule has 3 rings (SSSR count). The van der Waals surface area contributed by atoms with E-state index in [-0.39, 0.29) is 30.5 Å². The van der Waals surface area contributed by atoms with Gasteiger partial charge in [0.05, 0.1) is 24.2 Å². The van der Waals surface area contributed by atoms with Crippen molar-refractivity contribution in [2.75, 3.05) is 20.2 Å². The third kappa shape index (κ3) is 8.58. The fraction of sp³-hybridized carbons (Fsp3) is 0.345. The lowest BCUT2D eigenvalue weighted by Crippen LogP contribution is -2.51. The van der Waals surface area contributed by atoms with Gasteiger partial charge in [-0.05, 0) is 47.7 Å². The highest BCUT2D eigenvalue weighted by molar-refractivity contribution is 7.89. The van der Waals surface area contributed by atoms with Crippen LogP contribution in [0.15, 0.2) is 89.8 Å². The number of aliphatic hydroxyl groups is 1. The van der Waals surface area contributed by atoms with Gasteiger partial charge in [0, 0.05) is 13.1 Å². The summed E-state index contributed by atoms with van der Waals surface area (Å²) >= 11 is 0. The number of benzene rings is 3. The molecule has 9 heteroatoms. The molecule has 2 unspecified atom stereocenters. The molecule has 0 heterocycles. The normalized spacial score (nSPS) is 13.2. The topological polar surface area (TPSA) is 105 Å². The number of nitrogens with zero attached hydrogens (tertiary/aromatic N) is 1. The molecule has 0 aliphatic carbocycles. The van der Waals surface area contributed by atoms with Gasteiger partial charge in [0.15, 0.2) is 0 Å². The second-order valence-electron chi connectivity index (χ2n) is 9.46. The van der Waals surface area contributed by atoms with Gasteiger partial charge in [-0.25, -0.2) is 13.2 Å². The predicted octanol–water partition coefficient (Wildman–Crippen LogP) is 4.24. The molecule has 8 nitrogen and oxygen atoms in total. The lowest BCUT2D eigenvalue weighted by molar-refractivity contribution is 0.0873. The van der Waals surface area contributed by atoms with Crippen LogP contribution in [0.2, 0.25) is 0 Å². The molecule has 2 atom stereocenters. The Morgan fingerprint density at radius 3 is 2.03 bits per heavy atom. The standard InChI is InChI=1S/C29H36N2O6S/c1-22(2)19-31(38(34,35)26-16-14-25(36-3)15-17-26)20-28(32)27(18-23-10-6-4-7-11-23)30-29(33)37-21-24-12-8-5-9-13-24/h4-17,22,27-28,32H,18-21H2,1-3H3,(H,30,33). The molecule has 0 spiro atoms. The Kier molecular flexibility index (Phi) is 10.7. The van der Waals surface area contributed by atoms with Crippen LogP contribution in [-0.4, -0.2) is 56.3 Å². The molecule has 0 aliphatic heterocycles. The van der Waals surface area contributed by atoms with E-state index in [2.05, 4.69) is 5.32 Å². The number of ether oxygens (including phenoxy) is 2. The van der Waals surface area contributed by atoms with E-state index >= 15 is 0 Å².